The van der Waals surface area contributed by atoms with Crippen molar-refractivity contribution in [3.05, 3.63) is 0 Å². The second kappa shape index (κ2) is 8.42. The zero-order valence-corrected chi connectivity index (χ0v) is 15.4. The number of aliphatic hydroxyl groups is 12. The molecule has 0 spiro atoms. The minimum absolute atomic E-state index is 1.07. The number of carbonyl (C=O) groups excluding carboxylic acids is 2. The molecular formula is C16H26O14. The summed E-state index contributed by atoms with van der Waals surface area (Å²) in [5.74, 6) is -3.02. The first-order valence-electron chi connectivity index (χ1n) is 8.97. The summed E-state index contributed by atoms with van der Waals surface area (Å²) in [5, 5.41) is 118. The van der Waals surface area contributed by atoms with Crippen molar-refractivity contribution in [2.75, 3.05) is 0 Å². The number of Topliss-reactive ketones (excluding diaryl/α,β-unsaturated/α-hetero) is 2. The largest absolute Gasteiger partial charge is 0.387 e. The van der Waals surface area contributed by atoms with Gasteiger partial charge in [-0.25, -0.2) is 0 Å². The van der Waals surface area contributed by atoms with Gasteiger partial charge in [0.2, 0.25) is 0 Å². The Morgan fingerprint density at radius 1 is 0.467 bits per heavy atom. The lowest BCUT2D eigenvalue weighted by molar-refractivity contribution is -0.261. The van der Waals surface area contributed by atoms with Gasteiger partial charge in [-0.15, -0.1) is 0 Å². The predicted octanol–water partition coefficient (Wildman–Crippen LogP) is -8.00. The highest BCUT2D eigenvalue weighted by Gasteiger charge is 2.63. The van der Waals surface area contributed by atoms with E-state index in [2.05, 4.69) is 0 Å². The highest BCUT2D eigenvalue weighted by molar-refractivity contribution is 5.95. The summed E-state index contributed by atoms with van der Waals surface area (Å²) in [7, 11) is 0. The van der Waals surface area contributed by atoms with Crippen LogP contribution in [0.2, 0.25) is 0 Å². The van der Waals surface area contributed by atoms with Crippen LogP contribution in [0.15, 0.2) is 0 Å². The summed E-state index contributed by atoms with van der Waals surface area (Å²) in [6.07, 6.45) is -25.2. The quantitative estimate of drug-likeness (QED) is 0.188. The smallest absolute Gasteiger partial charge is 0.179 e. The molecule has 0 aromatic heterocycles. The maximum atomic E-state index is 12.4. The highest BCUT2D eigenvalue weighted by Crippen LogP contribution is 2.35. The maximum Gasteiger partial charge on any atom is 0.179 e. The third-order valence-corrected chi connectivity index (χ3v) is 5.97. The van der Waals surface area contributed by atoms with Crippen molar-refractivity contribution in [3.8, 4) is 0 Å². The van der Waals surface area contributed by atoms with Crippen LogP contribution >= 0.6 is 0 Å². The van der Waals surface area contributed by atoms with E-state index in [1.54, 1.807) is 0 Å². The monoisotopic (exact) mass is 442 g/mol. The van der Waals surface area contributed by atoms with Crippen LogP contribution in [0, 0.1) is 0 Å². The molecule has 4 unspecified atom stereocenters. The second-order valence-corrected chi connectivity index (χ2v) is 7.72. The molecule has 2 fully saturated rings. The fourth-order valence-corrected chi connectivity index (χ4v) is 3.83. The van der Waals surface area contributed by atoms with Crippen molar-refractivity contribution in [2.24, 2.45) is 0 Å². The van der Waals surface area contributed by atoms with Crippen molar-refractivity contribution in [1.29, 1.82) is 0 Å². The first-order chi connectivity index (χ1) is 13.6. The summed E-state index contributed by atoms with van der Waals surface area (Å²) in [6, 6.07) is 0. The number of aliphatic hydroxyl groups excluding tert-OH is 10. The molecule has 0 aromatic carbocycles. The standard InChI is InChI=1S/C16H26O14/c17-3(15(29)11(25)7(21)5(19)8(22)12(15)26)1-2-4(18)16(30)13(27)9(23)6(20)10(24)14(16)28/h5-14,19-30H,1-2H2/t5?,6?,7-,8+,9-,10+,11-,12-,13-,14-,15?,16?/m1/s1. The van der Waals surface area contributed by atoms with Crippen LogP contribution < -0.4 is 0 Å². The molecule has 0 aliphatic heterocycles. The van der Waals surface area contributed by atoms with Gasteiger partial charge in [-0.05, 0) is 0 Å². The summed E-state index contributed by atoms with van der Waals surface area (Å²) < 4.78 is 0. The third kappa shape index (κ3) is 3.48. The van der Waals surface area contributed by atoms with Gasteiger partial charge in [-0.1, -0.05) is 0 Å². The van der Waals surface area contributed by atoms with Gasteiger partial charge in [-0.2, -0.15) is 0 Å². The minimum Gasteiger partial charge on any atom is -0.387 e. The molecule has 12 N–H and O–H groups in total. The first-order valence-corrected chi connectivity index (χ1v) is 8.97. The number of carbonyl (C=O) groups is 2. The molecule has 0 bridgehead atoms. The molecule has 14 nitrogen and oxygen atoms in total. The fraction of sp³-hybridized carbons (Fsp3) is 0.875. The van der Waals surface area contributed by atoms with Gasteiger partial charge in [-0.3, -0.25) is 9.59 Å². The summed E-state index contributed by atoms with van der Waals surface area (Å²) in [5.41, 5.74) is -6.44. The van der Waals surface area contributed by atoms with E-state index in [1.165, 1.54) is 0 Å². The Hall–Kier alpha value is -1.14. The lowest BCUT2D eigenvalue weighted by Crippen LogP contribution is -2.74. The van der Waals surface area contributed by atoms with Crippen molar-refractivity contribution in [1.82, 2.24) is 0 Å². The number of rotatable bonds is 5. The van der Waals surface area contributed by atoms with Gasteiger partial charge in [0, 0.05) is 12.8 Å². The molecule has 0 aromatic rings. The molecule has 0 heterocycles. The van der Waals surface area contributed by atoms with Crippen LogP contribution in [0.3, 0.4) is 0 Å². The molecule has 2 aliphatic rings. The predicted molar refractivity (Wildman–Crippen MR) is 89.2 cm³/mol. The maximum absolute atomic E-state index is 12.4. The van der Waals surface area contributed by atoms with E-state index >= 15 is 0 Å². The molecule has 30 heavy (non-hydrogen) atoms. The van der Waals surface area contributed by atoms with Gasteiger partial charge < -0.3 is 61.3 Å². The summed E-state index contributed by atoms with van der Waals surface area (Å²) in [4.78, 5) is 24.8. The number of hydrogen-bond acceptors (Lipinski definition) is 14. The molecule has 0 radical (unpaired) electrons. The van der Waals surface area contributed by atoms with Gasteiger partial charge in [0.15, 0.2) is 22.8 Å². The second-order valence-electron chi connectivity index (χ2n) is 7.72. The Morgan fingerprint density at radius 3 is 0.867 bits per heavy atom. The Labute approximate surface area is 168 Å². The molecule has 0 saturated heterocycles. The summed E-state index contributed by atoms with van der Waals surface area (Å²) >= 11 is 0. The van der Waals surface area contributed by atoms with Gasteiger partial charge in [0.1, 0.15) is 61.0 Å². The van der Waals surface area contributed by atoms with Crippen LogP contribution in [-0.4, -0.2) is 145 Å². The molecule has 2 saturated carbocycles. The highest BCUT2D eigenvalue weighted by atomic mass is 16.4. The Morgan fingerprint density at radius 2 is 0.667 bits per heavy atom. The molecule has 12 atom stereocenters. The fourth-order valence-electron chi connectivity index (χ4n) is 3.83. The van der Waals surface area contributed by atoms with Gasteiger partial charge in [0.25, 0.3) is 0 Å². The zero-order valence-electron chi connectivity index (χ0n) is 15.4. The van der Waals surface area contributed by atoms with Crippen molar-refractivity contribution >= 4 is 11.6 Å². The Bertz CT molecular complexity index is 580. The van der Waals surface area contributed by atoms with Crippen molar-refractivity contribution in [2.45, 2.75) is 85.1 Å². The lowest BCUT2D eigenvalue weighted by Gasteiger charge is -2.47. The number of ketones is 2. The van der Waals surface area contributed by atoms with E-state index in [0.29, 0.717) is 0 Å². The van der Waals surface area contributed by atoms with E-state index in [1.807, 2.05) is 0 Å². The normalized spacial score (nSPS) is 52.1. The van der Waals surface area contributed by atoms with Crippen LogP contribution in [0.1, 0.15) is 12.8 Å². The van der Waals surface area contributed by atoms with Gasteiger partial charge in [0.05, 0.1) is 0 Å². The molecule has 2 aliphatic carbocycles. The van der Waals surface area contributed by atoms with E-state index in [0.717, 1.165) is 0 Å². The minimum atomic E-state index is -3.22. The van der Waals surface area contributed by atoms with Crippen LogP contribution in [0.5, 0.6) is 0 Å². The van der Waals surface area contributed by atoms with Crippen molar-refractivity contribution < 1.29 is 70.9 Å². The van der Waals surface area contributed by atoms with Gasteiger partial charge >= 0.3 is 0 Å². The summed E-state index contributed by atoms with van der Waals surface area (Å²) in [6.45, 7) is 0. The zero-order chi connectivity index (χ0) is 23.3. The van der Waals surface area contributed by atoms with Crippen molar-refractivity contribution in [3.63, 3.8) is 0 Å². The van der Waals surface area contributed by atoms with Crippen LogP contribution in [-0.2, 0) is 9.59 Å². The third-order valence-electron chi connectivity index (χ3n) is 5.97. The van der Waals surface area contributed by atoms with E-state index in [4.69, 9.17) is 0 Å². The number of hydrogen-bond donors (Lipinski definition) is 12. The molecular weight excluding hydrogens is 416 g/mol. The average Bonchev–Trinajstić information content (AvgIpc) is 2.73. The average molecular weight is 442 g/mol. The lowest BCUT2D eigenvalue weighted by atomic mass is 9.69. The van der Waals surface area contributed by atoms with E-state index in [9.17, 15) is 70.9 Å². The van der Waals surface area contributed by atoms with Crippen LogP contribution in [0.25, 0.3) is 0 Å². The SMILES string of the molecule is O=C(CCC(=O)C1(O)[C@H](O)[C@H](O)C(O)[C@H](O)[C@H]1O)C1(O)[C@H](O)[C@H](O)C(O)[C@H](O)[C@H]1O. The molecule has 0 amide bonds. The Balaban J connectivity index is 2.20. The molecule has 2 rings (SSSR count). The molecule has 174 valence electrons. The topological polar surface area (TPSA) is 277 Å². The first kappa shape index (κ1) is 25.1. The van der Waals surface area contributed by atoms with Crippen LogP contribution in [0.4, 0.5) is 0 Å². The molecule has 14 heteroatoms. The van der Waals surface area contributed by atoms with E-state index in [-0.39, 0.29) is 0 Å². The Kier molecular flexibility index (Phi) is 7.05. The van der Waals surface area contributed by atoms with E-state index < -0.39 is 96.6 Å².